The molecule has 0 aromatic heterocycles. The lowest BCUT2D eigenvalue weighted by Crippen LogP contribution is -2.46. The Morgan fingerprint density at radius 3 is 2.72 bits per heavy atom. The summed E-state index contributed by atoms with van der Waals surface area (Å²) in [4.78, 5) is 13.6. The van der Waals surface area contributed by atoms with E-state index in [1.54, 1.807) is 4.90 Å². The minimum Gasteiger partial charge on any atom is -0.340 e. The molecule has 0 aliphatic carbocycles. The molecule has 1 fully saturated rings. The number of nitrogens with zero attached hydrogens (tertiary/aromatic N) is 1. The quantitative estimate of drug-likeness (QED) is 0.882. The first-order valence-corrected chi connectivity index (χ1v) is 6.10. The van der Waals surface area contributed by atoms with Crippen LogP contribution in [-0.4, -0.2) is 37.0 Å². The maximum absolute atomic E-state index is 13.4. The zero-order chi connectivity index (χ0) is 13.0. The Bertz CT molecular complexity index is 431. The van der Waals surface area contributed by atoms with E-state index in [2.05, 4.69) is 5.32 Å². The fraction of sp³-hybridized carbons (Fsp3) is 0.462. The van der Waals surface area contributed by atoms with Crippen molar-refractivity contribution in [2.24, 2.45) is 0 Å². The summed E-state index contributed by atoms with van der Waals surface area (Å²) in [6, 6.07) is 4.06. The fourth-order valence-electron chi connectivity index (χ4n) is 2.06. The third-order valence-electron chi connectivity index (χ3n) is 3.11. The summed E-state index contributed by atoms with van der Waals surface area (Å²) < 4.78 is 26.4. The van der Waals surface area contributed by atoms with E-state index in [0.717, 1.165) is 19.2 Å². The van der Waals surface area contributed by atoms with Crippen molar-refractivity contribution < 1.29 is 13.6 Å². The van der Waals surface area contributed by atoms with Crippen molar-refractivity contribution >= 4 is 5.91 Å². The Morgan fingerprint density at radius 1 is 1.28 bits per heavy atom. The third kappa shape index (κ3) is 3.04. The number of nitrogens with one attached hydrogen (secondary N) is 1. The van der Waals surface area contributed by atoms with Crippen LogP contribution < -0.4 is 5.32 Å². The van der Waals surface area contributed by atoms with Crippen LogP contribution in [0.4, 0.5) is 8.78 Å². The molecule has 0 unspecified atom stereocenters. The normalized spacial score (nSPS) is 15.8. The Hall–Kier alpha value is -1.49. The number of hydrogen-bond acceptors (Lipinski definition) is 2. The molecule has 1 aliphatic rings. The van der Waals surface area contributed by atoms with Gasteiger partial charge in [-0.2, -0.15) is 0 Å². The lowest BCUT2D eigenvalue weighted by Gasteiger charge is -2.27. The molecule has 1 aliphatic heterocycles. The van der Waals surface area contributed by atoms with Crippen LogP contribution in [0.5, 0.6) is 0 Å². The number of aryl methyl sites for hydroxylation is 1. The van der Waals surface area contributed by atoms with E-state index in [1.807, 2.05) is 0 Å². The Balaban J connectivity index is 1.90. The molecule has 0 atom stereocenters. The van der Waals surface area contributed by atoms with Crippen LogP contribution in [0.3, 0.4) is 0 Å². The van der Waals surface area contributed by atoms with Crippen LogP contribution >= 0.6 is 0 Å². The maximum atomic E-state index is 13.4. The number of rotatable bonds is 3. The molecule has 0 spiro atoms. The monoisotopic (exact) mass is 254 g/mol. The fourth-order valence-corrected chi connectivity index (χ4v) is 2.06. The molecule has 1 saturated heterocycles. The molecule has 2 rings (SSSR count). The molecule has 1 amide bonds. The minimum atomic E-state index is -0.859. The molecule has 0 bridgehead atoms. The lowest BCUT2D eigenvalue weighted by atomic mass is 10.1. The molecule has 18 heavy (non-hydrogen) atoms. The van der Waals surface area contributed by atoms with Crippen molar-refractivity contribution in [3.8, 4) is 0 Å². The predicted molar refractivity (Wildman–Crippen MR) is 64.1 cm³/mol. The second kappa shape index (κ2) is 5.91. The van der Waals surface area contributed by atoms with Gasteiger partial charge in [-0.05, 0) is 18.1 Å². The summed E-state index contributed by atoms with van der Waals surface area (Å²) >= 11 is 0. The van der Waals surface area contributed by atoms with Gasteiger partial charge in [-0.1, -0.05) is 12.1 Å². The van der Waals surface area contributed by atoms with E-state index in [4.69, 9.17) is 0 Å². The minimum absolute atomic E-state index is 0.000149. The summed E-state index contributed by atoms with van der Waals surface area (Å²) in [5.74, 6) is -1.70. The van der Waals surface area contributed by atoms with Gasteiger partial charge in [0, 0.05) is 32.6 Å². The highest BCUT2D eigenvalue weighted by molar-refractivity contribution is 5.76. The van der Waals surface area contributed by atoms with Crippen molar-refractivity contribution in [3.63, 3.8) is 0 Å². The van der Waals surface area contributed by atoms with E-state index in [9.17, 15) is 13.6 Å². The zero-order valence-electron chi connectivity index (χ0n) is 10.1. The van der Waals surface area contributed by atoms with Crippen LogP contribution in [0.15, 0.2) is 18.2 Å². The van der Waals surface area contributed by atoms with Crippen molar-refractivity contribution in [1.82, 2.24) is 10.2 Å². The Labute approximate surface area is 105 Å². The number of amides is 1. The van der Waals surface area contributed by atoms with Gasteiger partial charge in [0.05, 0.1) is 0 Å². The topological polar surface area (TPSA) is 32.3 Å². The first kappa shape index (κ1) is 13.0. The Kier molecular flexibility index (Phi) is 4.25. The second-order valence-electron chi connectivity index (χ2n) is 4.34. The summed E-state index contributed by atoms with van der Waals surface area (Å²) in [7, 11) is 0. The SMILES string of the molecule is O=C(CCc1cccc(F)c1F)N1CCNCC1. The summed E-state index contributed by atoms with van der Waals surface area (Å²) in [5, 5.41) is 3.16. The van der Waals surface area contributed by atoms with Crippen LogP contribution in [0.25, 0.3) is 0 Å². The molecule has 1 aromatic rings. The van der Waals surface area contributed by atoms with Gasteiger partial charge < -0.3 is 10.2 Å². The van der Waals surface area contributed by atoms with Gasteiger partial charge in [-0.25, -0.2) is 8.78 Å². The molecule has 3 nitrogen and oxygen atoms in total. The molecule has 1 heterocycles. The van der Waals surface area contributed by atoms with Gasteiger partial charge in [-0.3, -0.25) is 4.79 Å². The number of piperazine rings is 1. The van der Waals surface area contributed by atoms with Crippen LogP contribution in [-0.2, 0) is 11.2 Å². The number of benzene rings is 1. The molecule has 1 N–H and O–H groups in total. The maximum Gasteiger partial charge on any atom is 0.222 e. The van der Waals surface area contributed by atoms with Crippen LogP contribution in [0, 0.1) is 11.6 Å². The molecule has 0 saturated carbocycles. The largest absolute Gasteiger partial charge is 0.340 e. The zero-order valence-corrected chi connectivity index (χ0v) is 10.1. The Morgan fingerprint density at radius 2 is 2.00 bits per heavy atom. The van der Waals surface area contributed by atoms with Crippen molar-refractivity contribution in [2.45, 2.75) is 12.8 Å². The van der Waals surface area contributed by atoms with Crippen molar-refractivity contribution in [2.75, 3.05) is 26.2 Å². The van der Waals surface area contributed by atoms with E-state index in [0.29, 0.717) is 13.1 Å². The van der Waals surface area contributed by atoms with Crippen molar-refractivity contribution in [1.29, 1.82) is 0 Å². The van der Waals surface area contributed by atoms with Gasteiger partial charge in [0.1, 0.15) is 0 Å². The summed E-state index contributed by atoms with van der Waals surface area (Å²) in [6.45, 7) is 2.95. The lowest BCUT2D eigenvalue weighted by molar-refractivity contribution is -0.131. The highest BCUT2D eigenvalue weighted by Crippen LogP contribution is 2.13. The number of carbonyl (C=O) groups is 1. The van der Waals surface area contributed by atoms with E-state index < -0.39 is 11.6 Å². The average molecular weight is 254 g/mol. The number of hydrogen-bond donors (Lipinski definition) is 1. The first-order valence-electron chi connectivity index (χ1n) is 6.10. The van der Waals surface area contributed by atoms with Gasteiger partial charge in [0.25, 0.3) is 0 Å². The molecule has 5 heteroatoms. The van der Waals surface area contributed by atoms with Crippen LogP contribution in [0.2, 0.25) is 0 Å². The van der Waals surface area contributed by atoms with E-state index in [-0.39, 0.29) is 24.3 Å². The number of carbonyl (C=O) groups excluding carboxylic acids is 1. The molecular formula is C13H16F2N2O. The highest BCUT2D eigenvalue weighted by atomic mass is 19.2. The summed E-state index contributed by atoms with van der Waals surface area (Å²) in [6.07, 6.45) is 0.465. The van der Waals surface area contributed by atoms with Crippen molar-refractivity contribution in [3.05, 3.63) is 35.4 Å². The van der Waals surface area contributed by atoms with Gasteiger partial charge in [-0.15, -0.1) is 0 Å². The molecule has 1 aromatic carbocycles. The van der Waals surface area contributed by atoms with E-state index in [1.165, 1.54) is 12.1 Å². The standard InChI is InChI=1S/C13H16F2N2O/c14-11-3-1-2-10(13(11)15)4-5-12(18)17-8-6-16-7-9-17/h1-3,16H,4-9H2. The molecular weight excluding hydrogens is 238 g/mol. The predicted octanol–water partition coefficient (Wildman–Crippen LogP) is 1.33. The summed E-state index contributed by atoms with van der Waals surface area (Å²) in [5.41, 5.74) is 0.262. The first-order chi connectivity index (χ1) is 8.68. The van der Waals surface area contributed by atoms with Crippen LogP contribution in [0.1, 0.15) is 12.0 Å². The smallest absolute Gasteiger partial charge is 0.222 e. The van der Waals surface area contributed by atoms with E-state index >= 15 is 0 Å². The van der Waals surface area contributed by atoms with Gasteiger partial charge in [0.15, 0.2) is 11.6 Å². The number of halogens is 2. The van der Waals surface area contributed by atoms with Gasteiger partial charge in [0.2, 0.25) is 5.91 Å². The molecule has 0 radical (unpaired) electrons. The highest BCUT2D eigenvalue weighted by Gasteiger charge is 2.17. The third-order valence-corrected chi connectivity index (χ3v) is 3.11. The van der Waals surface area contributed by atoms with Gasteiger partial charge >= 0.3 is 0 Å². The molecule has 98 valence electrons. The second-order valence-corrected chi connectivity index (χ2v) is 4.34. The average Bonchev–Trinajstić information content (AvgIpc) is 2.41.